The van der Waals surface area contributed by atoms with Gasteiger partial charge in [0, 0.05) is 33.6 Å². The van der Waals surface area contributed by atoms with Gasteiger partial charge in [0.2, 0.25) is 5.71 Å². The lowest BCUT2D eigenvalue weighted by atomic mass is 9.81. The number of aliphatic imine (C=N–C) groups is 1. The highest BCUT2D eigenvalue weighted by molar-refractivity contribution is 6.82. The van der Waals surface area contributed by atoms with Gasteiger partial charge in [-0.25, -0.2) is 9.56 Å². The van der Waals surface area contributed by atoms with E-state index in [1.165, 1.54) is 16.3 Å². The second-order valence-electron chi connectivity index (χ2n) is 13.7. The molecule has 5 heteroatoms. The normalized spacial score (nSPS) is 18.8. The van der Waals surface area contributed by atoms with E-state index in [9.17, 15) is 0 Å². The summed E-state index contributed by atoms with van der Waals surface area (Å²) in [7, 11) is -1.48. The molecule has 43 heavy (non-hydrogen) atoms. The number of fused-ring (bicyclic) bond motifs is 5. The minimum atomic E-state index is -1.48. The highest BCUT2D eigenvalue weighted by Crippen LogP contribution is 2.38. The van der Waals surface area contributed by atoms with Crippen LogP contribution >= 0.6 is 0 Å². The number of rotatable bonds is 7. The molecule has 0 aliphatic carbocycles. The van der Waals surface area contributed by atoms with E-state index < -0.39 is 8.07 Å². The maximum Gasteiger partial charge on any atom is 0.227 e. The number of furan rings is 1. The summed E-state index contributed by atoms with van der Waals surface area (Å²) in [6, 6.07) is 4.56. The molecule has 226 valence electrons. The molecule has 1 aliphatic rings. The number of hydrogen-bond donors (Lipinski definition) is 0. The van der Waals surface area contributed by atoms with Crippen molar-refractivity contribution in [2.24, 2.45) is 16.8 Å². The predicted octanol–water partition coefficient (Wildman–Crippen LogP) is 9.98. The Hall–Kier alpha value is -3.57. The maximum atomic E-state index is 6.56. The molecule has 1 aromatic carbocycles. The van der Waals surface area contributed by atoms with Crippen LogP contribution in [0.3, 0.4) is 0 Å². The van der Waals surface area contributed by atoms with Gasteiger partial charge in [0.15, 0.2) is 12.2 Å². The Morgan fingerprint density at radius 3 is 2.47 bits per heavy atom. The van der Waals surface area contributed by atoms with E-state index in [0.717, 1.165) is 63.0 Å². The summed E-state index contributed by atoms with van der Waals surface area (Å²) >= 11 is 0. The summed E-state index contributed by atoms with van der Waals surface area (Å²) in [5.41, 5.74) is 9.68. The van der Waals surface area contributed by atoms with E-state index in [1.807, 2.05) is 13.0 Å². The average molecular weight is 593 g/mol. The quantitative estimate of drug-likeness (QED) is 0.119. The third-order valence-corrected chi connectivity index (χ3v) is 11.5. The molecule has 0 amide bonds. The first-order valence-electron chi connectivity index (χ1n) is 15.5. The van der Waals surface area contributed by atoms with Crippen molar-refractivity contribution in [2.75, 3.05) is 0 Å². The molecule has 0 fully saturated rings. The zero-order valence-electron chi connectivity index (χ0n) is 27.9. The molecule has 4 rings (SSSR count). The summed E-state index contributed by atoms with van der Waals surface area (Å²) < 4.78 is 8.72. The molecule has 0 saturated heterocycles. The Morgan fingerprint density at radius 1 is 1.14 bits per heavy atom. The molecule has 3 heterocycles. The fourth-order valence-corrected chi connectivity index (χ4v) is 6.43. The van der Waals surface area contributed by atoms with Gasteiger partial charge in [-0.05, 0) is 86.1 Å². The largest absolute Gasteiger partial charge is 0.437 e. The zero-order chi connectivity index (χ0) is 31.8. The molecule has 0 bridgehead atoms. The fraction of sp³-hybridized carbons (Fsp3) is 0.395. The van der Waals surface area contributed by atoms with Crippen molar-refractivity contribution in [3.8, 4) is 0 Å². The van der Waals surface area contributed by atoms with Crippen LogP contribution in [0.2, 0.25) is 19.6 Å². The molecule has 0 spiro atoms. The minimum Gasteiger partial charge on any atom is -0.437 e. The van der Waals surface area contributed by atoms with Gasteiger partial charge in [-0.2, -0.15) is 0 Å². The smallest absolute Gasteiger partial charge is 0.227 e. The number of nitrogens with zero attached hydrogens (tertiary/aromatic N) is 3. The number of hydrogen-bond acceptors (Lipinski definition) is 3. The molecular formula is C38H50N3OSi+. The standard InChI is InChI=1S/C38H50N3OSi/c1-14-33-36-30(19-26(6)35-32-20-25(5)29(9)40-38(32)42-37(35)36)17-18-31(24(4)16-15-23(2)3)34(21-27(7)39-33)41(10)22-28(8)43(11,12)13/h14-16,19-20,22-23,31,34H,1,4,7,10,17-18,21H2,2-3,5-6,8-9,11-13H3/q+1/b16-15-,28-22+,39-33?. The van der Waals surface area contributed by atoms with Crippen LogP contribution in [0.4, 0.5) is 0 Å². The van der Waals surface area contributed by atoms with Gasteiger partial charge in [-0.3, -0.25) is 4.99 Å². The Morgan fingerprint density at radius 2 is 1.84 bits per heavy atom. The van der Waals surface area contributed by atoms with E-state index in [1.54, 1.807) is 0 Å². The van der Waals surface area contributed by atoms with Gasteiger partial charge in [-0.1, -0.05) is 71.4 Å². The van der Waals surface area contributed by atoms with E-state index in [2.05, 4.69) is 116 Å². The summed E-state index contributed by atoms with van der Waals surface area (Å²) in [6.45, 7) is 37.9. The third kappa shape index (κ3) is 6.83. The lowest BCUT2D eigenvalue weighted by molar-refractivity contribution is -0.500. The van der Waals surface area contributed by atoms with Crippen molar-refractivity contribution in [1.29, 1.82) is 0 Å². The van der Waals surface area contributed by atoms with Crippen LogP contribution in [0.15, 0.2) is 82.2 Å². The molecule has 2 aromatic heterocycles. The maximum absolute atomic E-state index is 6.56. The van der Waals surface area contributed by atoms with Crippen molar-refractivity contribution in [3.05, 3.63) is 101 Å². The summed E-state index contributed by atoms with van der Waals surface area (Å²) in [5, 5.41) is 3.55. The Balaban J connectivity index is 1.94. The first-order chi connectivity index (χ1) is 20.1. The predicted molar refractivity (Wildman–Crippen MR) is 189 cm³/mol. The van der Waals surface area contributed by atoms with Crippen LogP contribution in [-0.2, 0) is 6.42 Å². The third-order valence-electron chi connectivity index (χ3n) is 8.96. The average Bonchev–Trinajstić information content (AvgIpc) is 3.28. The zero-order valence-corrected chi connectivity index (χ0v) is 28.9. The number of aryl methyl sites for hydroxylation is 4. The number of allylic oxidation sites excluding steroid dienone is 4. The topological polar surface area (TPSA) is 41.4 Å². The minimum absolute atomic E-state index is 0.0608. The van der Waals surface area contributed by atoms with Gasteiger partial charge in [0.1, 0.15) is 12.3 Å². The highest BCUT2D eigenvalue weighted by atomic mass is 28.3. The Bertz CT molecular complexity index is 1720. The summed E-state index contributed by atoms with van der Waals surface area (Å²) in [6.07, 6.45) is 11.0. The van der Waals surface area contributed by atoms with Crippen LogP contribution < -0.4 is 0 Å². The molecule has 2 unspecified atom stereocenters. The van der Waals surface area contributed by atoms with Crippen molar-refractivity contribution in [2.45, 2.75) is 86.5 Å². The van der Waals surface area contributed by atoms with Crippen molar-refractivity contribution >= 4 is 42.6 Å². The first-order valence-corrected chi connectivity index (χ1v) is 19.0. The second kappa shape index (κ2) is 12.6. The second-order valence-corrected chi connectivity index (χ2v) is 19.0. The van der Waals surface area contributed by atoms with Gasteiger partial charge in [0.25, 0.3) is 0 Å². The molecule has 3 aromatic rings. The van der Waals surface area contributed by atoms with E-state index in [-0.39, 0.29) is 12.0 Å². The Labute approximate surface area is 260 Å². The van der Waals surface area contributed by atoms with Crippen molar-refractivity contribution in [1.82, 2.24) is 4.98 Å². The monoisotopic (exact) mass is 592 g/mol. The number of benzene rings is 1. The van der Waals surface area contributed by atoms with Crippen LogP contribution in [0, 0.1) is 32.6 Å². The number of aromatic nitrogens is 1. The van der Waals surface area contributed by atoms with Crippen LogP contribution in [0.5, 0.6) is 0 Å². The van der Waals surface area contributed by atoms with Gasteiger partial charge >= 0.3 is 0 Å². The molecule has 1 aliphatic heterocycles. The van der Waals surface area contributed by atoms with Gasteiger partial charge < -0.3 is 4.42 Å². The number of pyridine rings is 1. The van der Waals surface area contributed by atoms with Gasteiger partial charge in [-0.15, -0.1) is 0 Å². The first kappa shape index (κ1) is 32.3. The molecule has 0 radical (unpaired) electrons. The van der Waals surface area contributed by atoms with Crippen LogP contribution in [-0.4, -0.2) is 36.1 Å². The molecule has 4 nitrogen and oxygen atoms in total. The lowest BCUT2D eigenvalue weighted by Gasteiger charge is -2.27. The fourth-order valence-electron chi connectivity index (χ4n) is 5.87. The SMILES string of the molecule is C=CC1=NC(=C)CC([N+](=C)/C=C(\C)[Si](C)(C)C)C(C(=C)/C=C\C(C)C)CCc2cc(C)c3c(oc4nc(C)c(C)cc43)c21. The van der Waals surface area contributed by atoms with Gasteiger partial charge in [0.05, 0.1) is 20.2 Å². The van der Waals surface area contributed by atoms with E-state index in [4.69, 9.17) is 14.4 Å². The summed E-state index contributed by atoms with van der Waals surface area (Å²) in [5.74, 6) is 0.599. The molecule has 0 N–H and O–H groups in total. The van der Waals surface area contributed by atoms with Crippen molar-refractivity contribution < 1.29 is 8.99 Å². The Kier molecular flexibility index (Phi) is 9.46. The molecule has 2 atom stereocenters. The van der Waals surface area contributed by atoms with Crippen LogP contribution in [0.25, 0.3) is 22.1 Å². The summed E-state index contributed by atoms with van der Waals surface area (Å²) in [4.78, 5) is 9.92. The van der Waals surface area contributed by atoms with Crippen LogP contribution in [0.1, 0.15) is 61.6 Å². The molecule has 0 saturated carbocycles. The van der Waals surface area contributed by atoms with E-state index >= 15 is 0 Å². The highest BCUT2D eigenvalue weighted by Gasteiger charge is 2.34. The van der Waals surface area contributed by atoms with Crippen molar-refractivity contribution in [3.63, 3.8) is 0 Å². The van der Waals surface area contributed by atoms with E-state index in [0.29, 0.717) is 18.1 Å². The molecular weight excluding hydrogens is 543 g/mol. The lowest BCUT2D eigenvalue weighted by Crippen LogP contribution is -2.34.